The van der Waals surface area contributed by atoms with Gasteiger partial charge in [0.25, 0.3) is 0 Å². The number of nitrogens with zero attached hydrogens (tertiary/aromatic N) is 6. The quantitative estimate of drug-likeness (QED) is 0.457. The van der Waals surface area contributed by atoms with E-state index in [0.717, 1.165) is 50.3 Å². The number of fused-ring (bicyclic) bond motifs is 2. The molecule has 0 saturated carbocycles. The summed E-state index contributed by atoms with van der Waals surface area (Å²) < 4.78 is 2.08. The normalized spacial score (nSPS) is 11.5. The summed E-state index contributed by atoms with van der Waals surface area (Å²) in [6, 6.07) is 12.2. The maximum absolute atomic E-state index is 4.73. The van der Waals surface area contributed by atoms with Crippen LogP contribution in [0.1, 0.15) is 5.82 Å². The van der Waals surface area contributed by atoms with E-state index in [9.17, 15) is 0 Å². The van der Waals surface area contributed by atoms with Gasteiger partial charge < -0.3 is 9.55 Å². The average molecular weight is 406 g/mol. The van der Waals surface area contributed by atoms with Crippen molar-refractivity contribution in [2.75, 3.05) is 0 Å². The molecule has 1 aromatic carbocycles. The van der Waals surface area contributed by atoms with Gasteiger partial charge in [-0.25, -0.2) is 15.0 Å². The molecule has 0 unspecified atom stereocenters. The number of benzene rings is 1. The summed E-state index contributed by atoms with van der Waals surface area (Å²) in [6.07, 6.45) is 7.22. The summed E-state index contributed by atoms with van der Waals surface area (Å²) in [5.41, 5.74) is 7.44. The zero-order chi connectivity index (χ0) is 20.9. The van der Waals surface area contributed by atoms with E-state index in [1.807, 2.05) is 44.4 Å². The third-order valence-electron chi connectivity index (χ3n) is 5.69. The Morgan fingerprint density at radius 1 is 0.935 bits per heavy atom. The summed E-state index contributed by atoms with van der Waals surface area (Å²) in [7, 11) is 2.02. The number of hydrogen-bond acceptors (Lipinski definition) is 5. The van der Waals surface area contributed by atoms with Crippen molar-refractivity contribution in [1.82, 2.24) is 39.7 Å². The maximum atomic E-state index is 4.73. The molecule has 0 spiro atoms. The Morgan fingerprint density at radius 3 is 2.61 bits per heavy atom. The van der Waals surface area contributed by atoms with Crippen molar-refractivity contribution in [2.24, 2.45) is 7.05 Å². The Kier molecular flexibility index (Phi) is 3.73. The molecule has 150 valence electrons. The Hall–Kier alpha value is -4.33. The van der Waals surface area contributed by atoms with Gasteiger partial charge in [0.15, 0.2) is 11.5 Å². The Balaban J connectivity index is 1.52. The molecule has 0 aliphatic rings. The molecule has 0 fully saturated rings. The smallest absolute Gasteiger partial charge is 0.178 e. The molecule has 6 aromatic rings. The average Bonchev–Trinajstić information content (AvgIpc) is 3.50. The molecule has 0 aliphatic heterocycles. The van der Waals surface area contributed by atoms with Crippen LogP contribution in [-0.4, -0.2) is 39.7 Å². The van der Waals surface area contributed by atoms with Crippen LogP contribution in [0.5, 0.6) is 0 Å². The Morgan fingerprint density at radius 2 is 1.81 bits per heavy atom. The number of aromatic amines is 2. The van der Waals surface area contributed by atoms with Crippen molar-refractivity contribution >= 4 is 22.1 Å². The minimum absolute atomic E-state index is 0.652. The Bertz CT molecular complexity index is 1560. The molecule has 0 bridgehead atoms. The van der Waals surface area contributed by atoms with Gasteiger partial charge in [-0.05, 0) is 42.8 Å². The number of pyridine rings is 2. The van der Waals surface area contributed by atoms with Crippen molar-refractivity contribution in [3.8, 4) is 33.9 Å². The second-order valence-electron chi connectivity index (χ2n) is 7.46. The van der Waals surface area contributed by atoms with Crippen LogP contribution < -0.4 is 0 Å². The summed E-state index contributed by atoms with van der Waals surface area (Å²) >= 11 is 0. The van der Waals surface area contributed by atoms with Crippen LogP contribution in [0.25, 0.3) is 56.0 Å². The number of nitrogens with one attached hydrogen (secondary N) is 2. The first-order valence-corrected chi connectivity index (χ1v) is 9.91. The maximum Gasteiger partial charge on any atom is 0.178 e. The molecule has 0 aliphatic carbocycles. The SMILES string of the molecule is Cc1ncc(-c2ccc3[nH]nc(-c4nc5nccc(-c6ccncc6)c5[nH]4)c3c2)n1C. The van der Waals surface area contributed by atoms with Gasteiger partial charge in [0.2, 0.25) is 0 Å². The zero-order valence-electron chi connectivity index (χ0n) is 17.0. The third kappa shape index (κ3) is 2.72. The van der Waals surface area contributed by atoms with E-state index in [0.29, 0.717) is 11.5 Å². The molecule has 31 heavy (non-hydrogen) atoms. The van der Waals surface area contributed by atoms with E-state index in [-0.39, 0.29) is 0 Å². The highest BCUT2D eigenvalue weighted by atomic mass is 15.1. The van der Waals surface area contributed by atoms with Gasteiger partial charge in [0.1, 0.15) is 11.5 Å². The van der Waals surface area contributed by atoms with Crippen LogP contribution in [0.15, 0.2) is 61.2 Å². The summed E-state index contributed by atoms with van der Waals surface area (Å²) in [4.78, 5) is 21.1. The van der Waals surface area contributed by atoms with Crippen molar-refractivity contribution in [1.29, 1.82) is 0 Å². The van der Waals surface area contributed by atoms with Crippen molar-refractivity contribution in [2.45, 2.75) is 6.92 Å². The van der Waals surface area contributed by atoms with Gasteiger partial charge in [-0.2, -0.15) is 5.10 Å². The fourth-order valence-corrected chi connectivity index (χ4v) is 3.92. The molecule has 2 N–H and O–H groups in total. The second kappa shape index (κ2) is 6.60. The Labute approximate surface area is 177 Å². The fraction of sp³-hybridized carbons (Fsp3) is 0.0870. The number of hydrogen-bond donors (Lipinski definition) is 2. The molecule has 6 rings (SSSR count). The number of H-pyrrole nitrogens is 2. The molecule has 0 radical (unpaired) electrons. The predicted molar refractivity (Wildman–Crippen MR) is 119 cm³/mol. The van der Waals surface area contributed by atoms with Crippen LogP contribution in [0.2, 0.25) is 0 Å². The standard InChI is InChI=1S/C23H18N8/c1-13-26-12-19(31(13)2)15-3-4-18-17(11-15)21(30-29-18)23-27-20-16(7-10-25-22(20)28-23)14-5-8-24-9-6-14/h3-12H,1-2H3,(H,29,30)(H,25,27,28). The summed E-state index contributed by atoms with van der Waals surface area (Å²) in [5, 5.41) is 8.65. The van der Waals surface area contributed by atoms with E-state index in [2.05, 4.69) is 46.8 Å². The van der Waals surface area contributed by atoms with Crippen LogP contribution in [0.3, 0.4) is 0 Å². The number of rotatable bonds is 3. The van der Waals surface area contributed by atoms with Crippen LogP contribution in [0.4, 0.5) is 0 Å². The molecule has 0 atom stereocenters. The summed E-state index contributed by atoms with van der Waals surface area (Å²) in [6.45, 7) is 1.99. The van der Waals surface area contributed by atoms with Gasteiger partial charge in [0, 0.05) is 42.2 Å². The third-order valence-corrected chi connectivity index (χ3v) is 5.69. The second-order valence-corrected chi connectivity index (χ2v) is 7.46. The van der Waals surface area contributed by atoms with Gasteiger partial charge in [-0.1, -0.05) is 6.07 Å². The first-order valence-electron chi connectivity index (χ1n) is 9.91. The monoisotopic (exact) mass is 406 g/mol. The van der Waals surface area contributed by atoms with E-state index in [1.165, 1.54) is 0 Å². The van der Waals surface area contributed by atoms with Crippen molar-refractivity contribution < 1.29 is 0 Å². The first kappa shape index (κ1) is 17.5. The van der Waals surface area contributed by atoms with E-state index < -0.39 is 0 Å². The molecule has 8 nitrogen and oxygen atoms in total. The van der Waals surface area contributed by atoms with Gasteiger partial charge in [-0.3, -0.25) is 10.1 Å². The van der Waals surface area contributed by atoms with E-state index in [4.69, 9.17) is 4.98 Å². The highest BCUT2D eigenvalue weighted by molar-refractivity contribution is 5.97. The molecule has 8 heteroatoms. The topological polar surface area (TPSA) is 101 Å². The molecular weight excluding hydrogens is 388 g/mol. The zero-order valence-corrected chi connectivity index (χ0v) is 17.0. The molecular formula is C23H18N8. The minimum Gasteiger partial charge on any atom is -0.335 e. The van der Waals surface area contributed by atoms with Gasteiger partial charge in [-0.15, -0.1) is 0 Å². The molecule has 5 heterocycles. The van der Waals surface area contributed by atoms with Crippen LogP contribution in [0, 0.1) is 6.92 Å². The number of aryl methyl sites for hydroxylation is 1. The summed E-state index contributed by atoms with van der Waals surface area (Å²) in [5.74, 6) is 1.64. The highest BCUT2D eigenvalue weighted by Crippen LogP contribution is 2.32. The highest BCUT2D eigenvalue weighted by Gasteiger charge is 2.17. The lowest BCUT2D eigenvalue weighted by Crippen LogP contribution is -1.94. The van der Waals surface area contributed by atoms with E-state index >= 15 is 0 Å². The lowest BCUT2D eigenvalue weighted by molar-refractivity contribution is 0.865. The fourth-order valence-electron chi connectivity index (χ4n) is 3.92. The first-order chi connectivity index (χ1) is 15.2. The minimum atomic E-state index is 0.652. The number of aromatic nitrogens is 8. The molecule has 0 saturated heterocycles. The lowest BCUT2D eigenvalue weighted by Gasteiger charge is -2.04. The molecule has 5 aromatic heterocycles. The van der Waals surface area contributed by atoms with Crippen molar-refractivity contribution in [3.63, 3.8) is 0 Å². The van der Waals surface area contributed by atoms with Crippen LogP contribution >= 0.6 is 0 Å². The lowest BCUT2D eigenvalue weighted by atomic mass is 10.1. The molecule has 0 amide bonds. The number of imidazole rings is 2. The largest absolute Gasteiger partial charge is 0.335 e. The van der Waals surface area contributed by atoms with E-state index in [1.54, 1.807) is 18.6 Å². The van der Waals surface area contributed by atoms with Gasteiger partial charge >= 0.3 is 0 Å². The van der Waals surface area contributed by atoms with Crippen LogP contribution in [-0.2, 0) is 7.05 Å². The predicted octanol–water partition coefficient (Wildman–Crippen LogP) is 4.27. The van der Waals surface area contributed by atoms with Crippen molar-refractivity contribution in [3.05, 3.63) is 67.0 Å². The van der Waals surface area contributed by atoms with Gasteiger partial charge in [0.05, 0.1) is 22.9 Å².